The van der Waals surface area contributed by atoms with Crippen LogP contribution in [0.25, 0.3) is 5.69 Å². The molecule has 1 atom stereocenters. The highest BCUT2D eigenvalue weighted by molar-refractivity contribution is 7.91. The normalized spacial score (nSPS) is 19.6. The molecule has 1 aromatic carbocycles. The predicted octanol–water partition coefficient (Wildman–Crippen LogP) is 0.740. The smallest absolute Gasteiger partial charge is 0.273 e. The van der Waals surface area contributed by atoms with Gasteiger partial charge in [-0.25, -0.2) is 13.1 Å². The summed E-state index contributed by atoms with van der Waals surface area (Å²) in [5.74, 6) is -0.00994. The molecule has 0 spiro atoms. The van der Waals surface area contributed by atoms with Crippen LogP contribution in [0.5, 0.6) is 0 Å². The molecule has 1 aliphatic heterocycles. The first kappa shape index (κ1) is 15.7. The van der Waals surface area contributed by atoms with Gasteiger partial charge in [-0.15, -0.1) is 5.10 Å². The second-order valence-electron chi connectivity index (χ2n) is 5.86. The van der Waals surface area contributed by atoms with Crippen molar-refractivity contribution in [3.05, 3.63) is 41.7 Å². The Morgan fingerprint density at radius 1 is 1.35 bits per heavy atom. The molecule has 1 aliphatic rings. The molecule has 8 heteroatoms. The molecule has 1 aromatic heterocycles. The number of aromatic nitrogens is 3. The van der Waals surface area contributed by atoms with Crippen molar-refractivity contribution >= 4 is 15.7 Å². The molecule has 3 rings (SSSR count). The van der Waals surface area contributed by atoms with Crippen molar-refractivity contribution in [2.45, 2.75) is 13.3 Å². The van der Waals surface area contributed by atoms with Gasteiger partial charge >= 0.3 is 0 Å². The van der Waals surface area contributed by atoms with E-state index in [1.54, 1.807) is 6.20 Å². The van der Waals surface area contributed by atoms with E-state index in [0.29, 0.717) is 13.0 Å². The number of benzene rings is 1. The van der Waals surface area contributed by atoms with E-state index in [2.05, 4.69) is 15.6 Å². The lowest BCUT2D eigenvalue weighted by atomic mass is 10.1. The fourth-order valence-electron chi connectivity index (χ4n) is 2.55. The highest BCUT2D eigenvalue weighted by atomic mass is 32.2. The van der Waals surface area contributed by atoms with Crippen LogP contribution >= 0.6 is 0 Å². The van der Waals surface area contributed by atoms with E-state index in [1.807, 2.05) is 31.2 Å². The van der Waals surface area contributed by atoms with Gasteiger partial charge in [0, 0.05) is 6.54 Å². The molecule has 1 N–H and O–H groups in total. The number of sulfone groups is 1. The van der Waals surface area contributed by atoms with Gasteiger partial charge in [0.1, 0.15) is 0 Å². The molecule has 7 nitrogen and oxygen atoms in total. The van der Waals surface area contributed by atoms with Crippen molar-refractivity contribution in [2.75, 3.05) is 18.1 Å². The van der Waals surface area contributed by atoms with E-state index in [4.69, 9.17) is 0 Å². The molecule has 0 saturated carbocycles. The summed E-state index contributed by atoms with van der Waals surface area (Å²) >= 11 is 0. The van der Waals surface area contributed by atoms with Crippen molar-refractivity contribution in [1.29, 1.82) is 0 Å². The minimum Gasteiger partial charge on any atom is -0.350 e. The van der Waals surface area contributed by atoms with Crippen LogP contribution in [0, 0.1) is 12.8 Å². The van der Waals surface area contributed by atoms with Gasteiger partial charge in [0.05, 0.1) is 23.4 Å². The average Bonchev–Trinajstić information content (AvgIpc) is 3.12. The summed E-state index contributed by atoms with van der Waals surface area (Å²) in [6.07, 6.45) is 2.16. The van der Waals surface area contributed by atoms with Crippen molar-refractivity contribution in [1.82, 2.24) is 20.3 Å². The molecule has 2 heterocycles. The van der Waals surface area contributed by atoms with Crippen LogP contribution in [0.2, 0.25) is 0 Å². The highest BCUT2D eigenvalue weighted by Gasteiger charge is 2.28. The average molecular weight is 334 g/mol. The Kier molecular flexibility index (Phi) is 4.16. The standard InChI is InChI=1S/C15H18N4O3S/c1-11-2-4-13(5-3-11)19-9-14(17-18-19)15(20)16-8-12-6-7-23(21,22)10-12/h2-5,9,12H,6-8,10H2,1H3,(H,16,20)/t12-/m0/s1. The van der Waals surface area contributed by atoms with Gasteiger partial charge in [-0.1, -0.05) is 22.9 Å². The number of rotatable bonds is 4. The molecule has 0 aliphatic carbocycles. The zero-order chi connectivity index (χ0) is 16.4. The van der Waals surface area contributed by atoms with Crippen LogP contribution in [-0.4, -0.2) is 47.4 Å². The molecular formula is C15H18N4O3S. The Hall–Kier alpha value is -2.22. The Morgan fingerprint density at radius 3 is 2.74 bits per heavy atom. The predicted molar refractivity (Wildman–Crippen MR) is 85.2 cm³/mol. The maximum absolute atomic E-state index is 12.1. The van der Waals surface area contributed by atoms with Gasteiger partial charge in [0.25, 0.3) is 5.91 Å². The summed E-state index contributed by atoms with van der Waals surface area (Å²) in [5, 5.41) is 10.6. The first-order valence-electron chi connectivity index (χ1n) is 7.41. The zero-order valence-electron chi connectivity index (χ0n) is 12.8. The molecule has 0 bridgehead atoms. The quantitative estimate of drug-likeness (QED) is 0.890. The number of nitrogens with zero attached hydrogens (tertiary/aromatic N) is 3. The van der Waals surface area contributed by atoms with Crippen LogP contribution in [0.4, 0.5) is 0 Å². The van der Waals surface area contributed by atoms with Crippen LogP contribution in [0.3, 0.4) is 0 Å². The SMILES string of the molecule is Cc1ccc(-n2cc(C(=O)NC[C@@H]3CCS(=O)(=O)C3)nn2)cc1. The monoisotopic (exact) mass is 334 g/mol. The molecule has 1 saturated heterocycles. The summed E-state index contributed by atoms with van der Waals surface area (Å²) in [6.45, 7) is 2.34. The van der Waals surface area contributed by atoms with E-state index in [9.17, 15) is 13.2 Å². The summed E-state index contributed by atoms with van der Waals surface area (Å²) in [6, 6.07) is 7.71. The number of aryl methyl sites for hydroxylation is 1. The van der Waals surface area contributed by atoms with E-state index in [0.717, 1.165) is 11.3 Å². The number of hydrogen-bond acceptors (Lipinski definition) is 5. The van der Waals surface area contributed by atoms with E-state index >= 15 is 0 Å². The molecule has 1 amide bonds. The third-order valence-electron chi connectivity index (χ3n) is 3.90. The van der Waals surface area contributed by atoms with Crippen LogP contribution in [-0.2, 0) is 9.84 Å². The summed E-state index contributed by atoms with van der Waals surface area (Å²) in [4.78, 5) is 12.1. The van der Waals surface area contributed by atoms with Crippen molar-refractivity contribution in [3.63, 3.8) is 0 Å². The van der Waals surface area contributed by atoms with Gasteiger partial charge in [-0.05, 0) is 31.4 Å². The maximum Gasteiger partial charge on any atom is 0.273 e. The van der Waals surface area contributed by atoms with Crippen LogP contribution in [0.15, 0.2) is 30.5 Å². The molecule has 1 fully saturated rings. The van der Waals surface area contributed by atoms with Crippen molar-refractivity contribution in [3.8, 4) is 5.69 Å². The first-order chi connectivity index (χ1) is 10.9. The first-order valence-corrected chi connectivity index (χ1v) is 9.23. The van der Waals surface area contributed by atoms with Crippen LogP contribution in [0.1, 0.15) is 22.5 Å². The van der Waals surface area contributed by atoms with Gasteiger partial charge < -0.3 is 5.32 Å². The largest absolute Gasteiger partial charge is 0.350 e. The lowest BCUT2D eigenvalue weighted by molar-refractivity contribution is 0.0943. The molecule has 23 heavy (non-hydrogen) atoms. The van der Waals surface area contributed by atoms with Gasteiger partial charge in [0.15, 0.2) is 15.5 Å². The fourth-order valence-corrected chi connectivity index (χ4v) is 4.41. The summed E-state index contributed by atoms with van der Waals surface area (Å²) in [5.41, 5.74) is 2.17. The number of carbonyl (C=O) groups is 1. The van der Waals surface area contributed by atoms with E-state index < -0.39 is 9.84 Å². The molecule has 0 unspecified atom stereocenters. The molecule has 122 valence electrons. The Bertz CT molecular complexity index is 812. The number of amides is 1. The fraction of sp³-hybridized carbons (Fsp3) is 0.400. The lowest BCUT2D eigenvalue weighted by Gasteiger charge is -2.07. The van der Waals surface area contributed by atoms with Crippen LogP contribution < -0.4 is 5.32 Å². The summed E-state index contributed by atoms with van der Waals surface area (Å²) in [7, 11) is -2.93. The van der Waals surface area contributed by atoms with Crippen molar-refractivity contribution < 1.29 is 13.2 Å². The second-order valence-corrected chi connectivity index (χ2v) is 8.09. The number of nitrogens with one attached hydrogen (secondary N) is 1. The number of hydrogen-bond donors (Lipinski definition) is 1. The van der Waals surface area contributed by atoms with Gasteiger partial charge in [-0.3, -0.25) is 4.79 Å². The number of carbonyl (C=O) groups excluding carboxylic acids is 1. The molecule has 2 aromatic rings. The Labute approximate surface area is 134 Å². The molecular weight excluding hydrogens is 316 g/mol. The highest BCUT2D eigenvalue weighted by Crippen LogP contribution is 2.17. The minimum absolute atomic E-state index is 0.0175. The van der Waals surface area contributed by atoms with Crippen molar-refractivity contribution in [2.24, 2.45) is 5.92 Å². The summed E-state index contributed by atoms with van der Waals surface area (Å²) < 4.78 is 24.3. The minimum atomic E-state index is -2.93. The third-order valence-corrected chi connectivity index (χ3v) is 5.74. The van der Waals surface area contributed by atoms with E-state index in [1.165, 1.54) is 4.68 Å². The van der Waals surface area contributed by atoms with Gasteiger partial charge in [-0.2, -0.15) is 0 Å². The second kappa shape index (κ2) is 6.11. The zero-order valence-corrected chi connectivity index (χ0v) is 13.6. The topological polar surface area (TPSA) is 94.0 Å². The third kappa shape index (κ3) is 3.76. The van der Waals surface area contributed by atoms with Gasteiger partial charge in [0.2, 0.25) is 0 Å². The molecule has 0 radical (unpaired) electrons. The maximum atomic E-state index is 12.1. The Morgan fingerprint density at radius 2 is 2.09 bits per heavy atom. The van der Waals surface area contributed by atoms with E-state index in [-0.39, 0.29) is 29.0 Å². The lowest BCUT2D eigenvalue weighted by Crippen LogP contribution is -2.30. The Balaban J connectivity index is 1.61.